The first-order valence-electron chi connectivity index (χ1n) is 8.62. The van der Waals surface area contributed by atoms with Crippen molar-refractivity contribution >= 4 is 27.5 Å². The number of aromatic nitrogens is 1. The number of aliphatic hydroxyl groups is 1. The molecule has 138 valence electrons. The molecule has 1 unspecified atom stereocenters. The Morgan fingerprint density at radius 2 is 2.00 bits per heavy atom. The molecule has 1 aromatic carbocycles. The molecule has 1 atom stereocenters. The minimum atomic E-state index is -0.517. The number of carbonyl (C=O) groups excluding carboxylic acids is 1. The molecule has 2 N–H and O–H groups in total. The molecule has 6 nitrogen and oxygen atoms in total. The molecule has 1 aliphatic heterocycles. The Kier molecular flexibility index (Phi) is 6.73. The summed E-state index contributed by atoms with van der Waals surface area (Å²) in [6, 6.07) is 9.01. The number of nitrogens with one attached hydrogen (secondary N) is 1. The van der Waals surface area contributed by atoms with Crippen molar-refractivity contribution in [1.82, 2.24) is 9.88 Å². The van der Waals surface area contributed by atoms with Gasteiger partial charge in [0.2, 0.25) is 0 Å². The highest BCUT2D eigenvalue weighted by atomic mass is 79.9. The van der Waals surface area contributed by atoms with Gasteiger partial charge in [0.1, 0.15) is 0 Å². The summed E-state index contributed by atoms with van der Waals surface area (Å²) >= 11 is 3.30. The summed E-state index contributed by atoms with van der Waals surface area (Å²) in [5, 5.41) is 13.2. The fourth-order valence-electron chi connectivity index (χ4n) is 2.82. The largest absolute Gasteiger partial charge is 0.388 e. The molecular formula is C19H22BrN3O3. The number of anilines is 1. The number of hydrogen-bond donors (Lipinski definition) is 2. The molecule has 0 spiro atoms. The molecule has 3 rings (SSSR count). The van der Waals surface area contributed by atoms with Gasteiger partial charge in [0.15, 0.2) is 0 Å². The summed E-state index contributed by atoms with van der Waals surface area (Å²) in [4.78, 5) is 18.5. The standard InChI is InChI=1S/C19H22BrN3O3/c20-16-11-15(12-21-13-16)19(25)22-17-3-1-14(2-4-17)18(24)5-6-23-7-9-26-10-8-23/h1-4,11-13,18,24H,5-10H2,(H,22,25). The fraction of sp³-hybridized carbons (Fsp3) is 0.368. The van der Waals surface area contributed by atoms with Gasteiger partial charge in [-0.05, 0) is 46.1 Å². The van der Waals surface area contributed by atoms with Crippen LogP contribution in [0.5, 0.6) is 0 Å². The van der Waals surface area contributed by atoms with Crippen LogP contribution in [0.3, 0.4) is 0 Å². The highest BCUT2D eigenvalue weighted by molar-refractivity contribution is 9.10. The quantitative estimate of drug-likeness (QED) is 0.752. The summed E-state index contributed by atoms with van der Waals surface area (Å²) in [6.07, 6.45) is 3.31. The number of morpholine rings is 1. The van der Waals surface area contributed by atoms with Gasteiger partial charge in [-0.15, -0.1) is 0 Å². The zero-order valence-corrected chi connectivity index (χ0v) is 16.0. The van der Waals surface area contributed by atoms with Gasteiger partial charge in [-0.3, -0.25) is 14.7 Å². The molecule has 1 aromatic heterocycles. The molecule has 1 saturated heterocycles. The molecule has 0 aliphatic carbocycles. The van der Waals surface area contributed by atoms with Crippen LogP contribution in [0.4, 0.5) is 5.69 Å². The van der Waals surface area contributed by atoms with E-state index in [4.69, 9.17) is 4.74 Å². The second-order valence-electron chi connectivity index (χ2n) is 6.23. The smallest absolute Gasteiger partial charge is 0.257 e. The van der Waals surface area contributed by atoms with Crippen molar-refractivity contribution in [2.75, 3.05) is 38.2 Å². The summed E-state index contributed by atoms with van der Waals surface area (Å²) in [5.41, 5.74) is 2.01. The van der Waals surface area contributed by atoms with Crippen LogP contribution in [0.1, 0.15) is 28.4 Å². The minimum Gasteiger partial charge on any atom is -0.388 e. The molecule has 0 radical (unpaired) electrons. The second-order valence-corrected chi connectivity index (χ2v) is 7.14. The van der Waals surface area contributed by atoms with Crippen LogP contribution < -0.4 is 5.32 Å². The van der Waals surface area contributed by atoms with Crippen LogP contribution >= 0.6 is 15.9 Å². The molecule has 1 amide bonds. The van der Waals surface area contributed by atoms with Gasteiger partial charge >= 0.3 is 0 Å². The highest BCUT2D eigenvalue weighted by Crippen LogP contribution is 2.20. The van der Waals surface area contributed by atoms with Gasteiger partial charge in [0, 0.05) is 42.2 Å². The van der Waals surface area contributed by atoms with E-state index in [1.165, 1.54) is 6.20 Å². The van der Waals surface area contributed by atoms with E-state index in [0.717, 1.165) is 42.9 Å². The first-order valence-corrected chi connectivity index (χ1v) is 9.41. The van der Waals surface area contributed by atoms with Crippen LogP contribution in [0.2, 0.25) is 0 Å². The second kappa shape index (κ2) is 9.23. The maximum Gasteiger partial charge on any atom is 0.257 e. The molecule has 1 fully saturated rings. The fourth-order valence-corrected chi connectivity index (χ4v) is 3.19. The average Bonchev–Trinajstić information content (AvgIpc) is 2.67. The summed E-state index contributed by atoms with van der Waals surface area (Å²) < 4.78 is 6.08. The van der Waals surface area contributed by atoms with Gasteiger partial charge in [0.05, 0.1) is 24.9 Å². The first-order chi connectivity index (χ1) is 12.6. The van der Waals surface area contributed by atoms with Crippen molar-refractivity contribution in [1.29, 1.82) is 0 Å². The maximum absolute atomic E-state index is 12.2. The lowest BCUT2D eigenvalue weighted by atomic mass is 10.1. The van der Waals surface area contributed by atoms with E-state index in [9.17, 15) is 9.90 Å². The SMILES string of the molecule is O=C(Nc1ccc(C(O)CCN2CCOCC2)cc1)c1cncc(Br)c1. The lowest BCUT2D eigenvalue weighted by molar-refractivity contribution is 0.0300. The minimum absolute atomic E-state index is 0.223. The van der Waals surface area contributed by atoms with Crippen molar-refractivity contribution in [2.45, 2.75) is 12.5 Å². The number of carbonyl (C=O) groups is 1. The number of nitrogens with zero attached hydrogens (tertiary/aromatic N) is 2. The Morgan fingerprint density at radius 3 is 2.69 bits per heavy atom. The Morgan fingerprint density at radius 1 is 1.27 bits per heavy atom. The molecule has 0 bridgehead atoms. The molecular weight excluding hydrogens is 398 g/mol. The molecule has 26 heavy (non-hydrogen) atoms. The maximum atomic E-state index is 12.2. The zero-order valence-electron chi connectivity index (χ0n) is 14.4. The van der Waals surface area contributed by atoms with Gasteiger partial charge in [-0.1, -0.05) is 12.1 Å². The van der Waals surface area contributed by atoms with Crippen LogP contribution in [-0.2, 0) is 4.74 Å². The third-order valence-corrected chi connectivity index (χ3v) is 4.78. The Bertz CT molecular complexity index is 733. The van der Waals surface area contributed by atoms with Gasteiger partial charge in [-0.25, -0.2) is 0 Å². The van der Waals surface area contributed by atoms with E-state index in [2.05, 4.69) is 31.1 Å². The summed E-state index contributed by atoms with van der Waals surface area (Å²) in [7, 11) is 0. The molecule has 0 saturated carbocycles. The van der Waals surface area contributed by atoms with E-state index in [1.807, 2.05) is 12.1 Å². The van der Waals surface area contributed by atoms with Gasteiger partial charge in [0.25, 0.3) is 5.91 Å². The lowest BCUT2D eigenvalue weighted by Gasteiger charge is -2.27. The van der Waals surface area contributed by atoms with Gasteiger partial charge < -0.3 is 15.2 Å². The number of halogens is 1. The van der Waals surface area contributed by atoms with Crippen molar-refractivity contribution < 1.29 is 14.6 Å². The monoisotopic (exact) mass is 419 g/mol. The Hall–Kier alpha value is -1.80. The number of hydrogen-bond acceptors (Lipinski definition) is 5. The van der Waals surface area contributed by atoms with E-state index in [0.29, 0.717) is 17.7 Å². The number of benzene rings is 1. The van der Waals surface area contributed by atoms with Crippen molar-refractivity contribution in [3.8, 4) is 0 Å². The molecule has 2 aromatic rings. The van der Waals surface area contributed by atoms with Crippen molar-refractivity contribution in [3.63, 3.8) is 0 Å². The van der Waals surface area contributed by atoms with E-state index < -0.39 is 6.10 Å². The normalized spacial score (nSPS) is 16.2. The lowest BCUT2D eigenvalue weighted by Crippen LogP contribution is -2.37. The third kappa shape index (κ3) is 5.35. The van der Waals surface area contributed by atoms with Crippen LogP contribution in [0, 0.1) is 0 Å². The summed E-state index contributed by atoms with van der Waals surface area (Å²) in [5.74, 6) is -0.223. The van der Waals surface area contributed by atoms with E-state index in [1.54, 1.807) is 24.4 Å². The molecule has 2 heterocycles. The first kappa shape index (κ1) is 19.0. The predicted molar refractivity (Wildman–Crippen MR) is 103 cm³/mol. The number of aliphatic hydroxyl groups excluding tert-OH is 1. The van der Waals surface area contributed by atoms with E-state index >= 15 is 0 Å². The number of ether oxygens (including phenoxy) is 1. The topological polar surface area (TPSA) is 74.7 Å². The number of rotatable bonds is 6. The number of pyridine rings is 1. The molecule has 7 heteroatoms. The van der Waals surface area contributed by atoms with Gasteiger partial charge in [-0.2, -0.15) is 0 Å². The Balaban J connectivity index is 1.53. The Labute approximate surface area is 161 Å². The zero-order chi connectivity index (χ0) is 18.4. The van der Waals surface area contributed by atoms with Crippen LogP contribution in [0.25, 0.3) is 0 Å². The van der Waals surface area contributed by atoms with Crippen molar-refractivity contribution in [3.05, 3.63) is 58.3 Å². The average molecular weight is 420 g/mol. The van der Waals surface area contributed by atoms with E-state index in [-0.39, 0.29) is 5.91 Å². The van der Waals surface area contributed by atoms with Crippen LogP contribution in [0.15, 0.2) is 47.2 Å². The third-order valence-electron chi connectivity index (χ3n) is 4.34. The highest BCUT2D eigenvalue weighted by Gasteiger charge is 2.14. The molecule has 1 aliphatic rings. The summed E-state index contributed by atoms with van der Waals surface area (Å²) in [6.45, 7) is 4.21. The number of amides is 1. The predicted octanol–water partition coefficient (Wildman–Crippen LogP) is 2.85. The van der Waals surface area contributed by atoms with Crippen molar-refractivity contribution in [2.24, 2.45) is 0 Å². The van der Waals surface area contributed by atoms with Crippen LogP contribution in [-0.4, -0.2) is 53.7 Å².